The number of piperidine rings is 1. The van der Waals surface area contributed by atoms with Gasteiger partial charge in [0.1, 0.15) is 12.6 Å². The van der Waals surface area contributed by atoms with Crippen LogP contribution in [0.2, 0.25) is 0 Å². The van der Waals surface area contributed by atoms with E-state index >= 15 is 0 Å². The van der Waals surface area contributed by atoms with Gasteiger partial charge < -0.3 is 20.1 Å². The number of nitrogens with one attached hydrogen (secondary N) is 1. The molecule has 184 valence electrons. The molecule has 1 saturated carbocycles. The van der Waals surface area contributed by atoms with Crippen molar-refractivity contribution < 1.29 is 24.2 Å². The number of fused-ring (bicyclic) bond motifs is 3. The summed E-state index contributed by atoms with van der Waals surface area (Å²) in [6.07, 6.45) is 4.73. The van der Waals surface area contributed by atoms with Crippen LogP contribution >= 0.6 is 0 Å². The molecule has 3 atom stereocenters. The number of alkyl carbamates (subject to hydrolysis) is 1. The van der Waals surface area contributed by atoms with Gasteiger partial charge in [-0.3, -0.25) is 4.79 Å². The van der Waals surface area contributed by atoms with Crippen molar-refractivity contribution in [3.05, 3.63) is 59.7 Å². The van der Waals surface area contributed by atoms with Crippen LogP contribution < -0.4 is 5.32 Å². The third kappa shape index (κ3) is 4.64. The van der Waals surface area contributed by atoms with Gasteiger partial charge in [0.25, 0.3) is 0 Å². The number of carbonyl (C=O) groups excluding carboxylic acids is 2. The molecule has 0 unspecified atom stereocenters. The van der Waals surface area contributed by atoms with Gasteiger partial charge in [-0.15, -0.1) is 0 Å². The summed E-state index contributed by atoms with van der Waals surface area (Å²) in [7, 11) is 0. The van der Waals surface area contributed by atoms with Crippen LogP contribution in [0.1, 0.15) is 62.0 Å². The number of rotatable bonds is 5. The number of likely N-dealkylation sites (tertiary alicyclic amines) is 1. The minimum atomic E-state index is -0.949. The number of carboxylic acid groups (broad SMARTS) is 1. The van der Waals surface area contributed by atoms with Crippen molar-refractivity contribution in [1.82, 2.24) is 10.2 Å². The standard InChI is InChI=1S/C28H32N2O5/c31-26(30-16-8-7-15-25(30)27(32)33)22-13-5-6-14-24(22)29-28(34)35-17-23-20-11-3-1-9-18(20)19-10-2-4-12-21(19)23/h1-4,9-12,22-25H,5-8,13-17H2,(H,29,34)(H,32,33)/t22-,24+,25+/m0/s1. The summed E-state index contributed by atoms with van der Waals surface area (Å²) in [5.41, 5.74) is 4.64. The zero-order valence-corrected chi connectivity index (χ0v) is 19.8. The highest BCUT2D eigenvalue weighted by Gasteiger charge is 2.40. The molecule has 0 radical (unpaired) electrons. The van der Waals surface area contributed by atoms with Crippen LogP contribution in [0.15, 0.2) is 48.5 Å². The number of hydrogen-bond acceptors (Lipinski definition) is 4. The predicted molar refractivity (Wildman–Crippen MR) is 131 cm³/mol. The van der Waals surface area contributed by atoms with E-state index in [-0.39, 0.29) is 24.5 Å². The fraction of sp³-hybridized carbons (Fsp3) is 0.464. The Morgan fingerprint density at radius 3 is 2.20 bits per heavy atom. The first-order valence-corrected chi connectivity index (χ1v) is 12.7. The van der Waals surface area contributed by atoms with Gasteiger partial charge >= 0.3 is 12.1 Å². The van der Waals surface area contributed by atoms with Gasteiger partial charge in [0.05, 0.1) is 5.92 Å². The molecule has 1 saturated heterocycles. The van der Waals surface area contributed by atoms with Gasteiger partial charge in [0.2, 0.25) is 5.91 Å². The first-order chi connectivity index (χ1) is 17.0. The normalized spacial score (nSPS) is 23.8. The fourth-order valence-electron chi connectivity index (χ4n) is 6.06. The molecule has 2 N–H and O–H groups in total. The van der Waals surface area contributed by atoms with E-state index < -0.39 is 24.0 Å². The average Bonchev–Trinajstić information content (AvgIpc) is 3.21. The molecule has 1 heterocycles. The second-order valence-electron chi connectivity index (χ2n) is 9.85. The predicted octanol–water partition coefficient (Wildman–Crippen LogP) is 4.55. The number of carbonyl (C=O) groups is 3. The molecule has 5 rings (SSSR count). The highest BCUT2D eigenvalue weighted by molar-refractivity contribution is 5.86. The number of amides is 2. The monoisotopic (exact) mass is 476 g/mol. The van der Waals surface area contributed by atoms with Crippen LogP contribution in [0, 0.1) is 5.92 Å². The summed E-state index contributed by atoms with van der Waals surface area (Å²) in [6, 6.07) is 15.3. The minimum absolute atomic E-state index is 0.0263. The summed E-state index contributed by atoms with van der Waals surface area (Å²) >= 11 is 0. The molecule has 7 nitrogen and oxygen atoms in total. The van der Waals surface area contributed by atoms with Crippen molar-refractivity contribution >= 4 is 18.0 Å². The molecule has 2 aliphatic carbocycles. The molecular weight excluding hydrogens is 444 g/mol. The number of nitrogens with zero attached hydrogens (tertiary/aromatic N) is 1. The van der Waals surface area contributed by atoms with E-state index in [1.807, 2.05) is 24.3 Å². The van der Waals surface area contributed by atoms with Crippen molar-refractivity contribution in [2.24, 2.45) is 5.92 Å². The van der Waals surface area contributed by atoms with Crippen molar-refractivity contribution in [3.63, 3.8) is 0 Å². The van der Waals surface area contributed by atoms with Gasteiger partial charge in [-0.1, -0.05) is 61.4 Å². The van der Waals surface area contributed by atoms with Crippen molar-refractivity contribution in [3.8, 4) is 11.1 Å². The topological polar surface area (TPSA) is 95.9 Å². The molecule has 7 heteroatoms. The first-order valence-electron chi connectivity index (χ1n) is 12.7. The lowest BCUT2D eigenvalue weighted by molar-refractivity contribution is -0.154. The zero-order chi connectivity index (χ0) is 24.4. The Kier molecular flexibility index (Phi) is 6.75. The molecule has 2 aromatic rings. The van der Waals surface area contributed by atoms with Crippen LogP contribution in [0.25, 0.3) is 11.1 Å². The quantitative estimate of drug-likeness (QED) is 0.660. The largest absolute Gasteiger partial charge is 0.480 e. The van der Waals surface area contributed by atoms with Crippen LogP contribution in [0.3, 0.4) is 0 Å². The molecule has 0 spiro atoms. The second-order valence-corrected chi connectivity index (χ2v) is 9.85. The van der Waals surface area contributed by atoms with E-state index in [2.05, 4.69) is 29.6 Å². The fourth-order valence-corrected chi connectivity index (χ4v) is 6.06. The molecule has 2 aromatic carbocycles. The molecule has 3 aliphatic rings. The molecule has 1 aliphatic heterocycles. The lowest BCUT2D eigenvalue weighted by atomic mass is 9.82. The lowest BCUT2D eigenvalue weighted by Crippen LogP contribution is -2.55. The Labute approximate surface area is 205 Å². The minimum Gasteiger partial charge on any atom is -0.480 e. The number of carboxylic acids is 1. The summed E-state index contributed by atoms with van der Waals surface area (Å²) < 4.78 is 5.71. The Balaban J connectivity index is 1.25. The average molecular weight is 477 g/mol. The highest BCUT2D eigenvalue weighted by atomic mass is 16.5. The molecular formula is C28H32N2O5. The summed E-state index contributed by atoms with van der Waals surface area (Å²) in [5.74, 6) is -1.54. The van der Waals surface area contributed by atoms with Gasteiger partial charge in [0.15, 0.2) is 0 Å². The maximum absolute atomic E-state index is 13.4. The summed E-state index contributed by atoms with van der Waals surface area (Å²) in [5, 5.41) is 12.5. The molecule has 35 heavy (non-hydrogen) atoms. The van der Waals surface area contributed by atoms with Gasteiger partial charge in [-0.2, -0.15) is 0 Å². The van der Waals surface area contributed by atoms with Crippen molar-refractivity contribution in [1.29, 1.82) is 0 Å². The van der Waals surface area contributed by atoms with Crippen LogP contribution in [-0.4, -0.2) is 53.2 Å². The van der Waals surface area contributed by atoms with Crippen LogP contribution in [-0.2, 0) is 14.3 Å². The Morgan fingerprint density at radius 2 is 1.51 bits per heavy atom. The Morgan fingerprint density at radius 1 is 0.886 bits per heavy atom. The number of aliphatic carboxylic acids is 1. The van der Waals surface area contributed by atoms with E-state index in [0.29, 0.717) is 25.8 Å². The maximum atomic E-state index is 13.4. The van der Waals surface area contributed by atoms with Crippen LogP contribution in [0.5, 0.6) is 0 Å². The van der Waals surface area contributed by atoms with Gasteiger partial charge in [0, 0.05) is 18.5 Å². The number of ether oxygens (including phenoxy) is 1. The van der Waals surface area contributed by atoms with Gasteiger partial charge in [-0.25, -0.2) is 9.59 Å². The Bertz CT molecular complexity index is 1070. The first kappa shape index (κ1) is 23.4. The summed E-state index contributed by atoms with van der Waals surface area (Å²) in [4.78, 5) is 39.5. The third-order valence-electron chi connectivity index (χ3n) is 7.80. The van der Waals surface area contributed by atoms with E-state index in [4.69, 9.17) is 4.74 Å². The van der Waals surface area contributed by atoms with E-state index in [9.17, 15) is 19.5 Å². The lowest BCUT2D eigenvalue weighted by Gasteiger charge is -2.39. The number of benzene rings is 2. The highest BCUT2D eigenvalue weighted by Crippen LogP contribution is 2.44. The summed E-state index contributed by atoms with van der Waals surface area (Å²) in [6.45, 7) is 0.683. The molecule has 0 bridgehead atoms. The van der Waals surface area contributed by atoms with Crippen molar-refractivity contribution in [2.45, 2.75) is 62.9 Å². The molecule has 2 fully saturated rings. The van der Waals surface area contributed by atoms with E-state index in [0.717, 1.165) is 36.8 Å². The third-order valence-corrected chi connectivity index (χ3v) is 7.80. The molecule has 0 aromatic heterocycles. The maximum Gasteiger partial charge on any atom is 0.407 e. The van der Waals surface area contributed by atoms with E-state index in [1.165, 1.54) is 16.0 Å². The van der Waals surface area contributed by atoms with Crippen LogP contribution in [0.4, 0.5) is 4.79 Å². The van der Waals surface area contributed by atoms with Gasteiger partial charge in [-0.05, 0) is 54.4 Å². The smallest absolute Gasteiger partial charge is 0.407 e. The second kappa shape index (κ2) is 10.1. The van der Waals surface area contributed by atoms with Crippen molar-refractivity contribution in [2.75, 3.05) is 13.2 Å². The zero-order valence-electron chi connectivity index (χ0n) is 19.8. The Hall–Kier alpha value is -3.35. The van der Waals surface area contributed by atoms with E-state index in [1.54, 1.807) is 0 Å². The number of hydrogen-bond donors (Lipinski definition) is 2. The SMILES string of the molecule is O=C(N[C@@H]1CCCC[C@@H]1C(=O)N1CCCC[C@@H]1C(=O)O)OCC1c2ccccc2-c2ccccc21. The molecule has 2 amide bonds.